The molecule has 1 aliphatic carbocycles. The van der Waals surface area contributed by atoms with Crippen LogP contribution in [0, 0.1) is 5.92 Å². The summed E-state index contributed by atoms with van der Waals surface area (Å²) in [6.45, 7) is 14.8. The molecule has 0 radical (unpaired) electrons. The largest absolute Gasteiger partial charge is 0.496 e. The first-order valence-corrected chi connectivity index (χ1v) is 24.3. The highest BCUT2D eigenvalue weighted by Crippen LogP contribution is 2.60. The highest BCUT2D eigenvalue weighted by molar-refractivity contribution is 6.10. The molecule has 352 valence electrons. The van der Waals surface area contributed by atoms with Gasteiger partial charge in [-0.15, -0.1) is 0 Å². The number of ether oxygens (including phenoxy) is 6. The molecule has 11 rings (SSSR count). The van der Waals surface area contributed by atoms with Gasteiger partial charge < -0.3 is 38.2 Å². The second-order valence-corrected chi connectivity index (χ2v) is 19.5. The molecule has 0 saturated carbocycles. The van der Waals surface area contributed by atoms with Gasteiger partial charge in [-0.1, -0.05) is 99.3 Å². The van der Waals surface area contributed by atoms with Crippen LogP contribution < -0.4 is 24.0 Å². The lowest BCUT2D eigenvalue weighted by molar-refractivity contribution is -0.155. The van der Waals surface area contributed by atoms with Gasteiger partial charge in [0.05, 0.1) is 39.2 Å². The molecule has 2 bridgehead atoms. The van der Waals surface area contributed by atoms with E-state index in [2.05, 4.69) is 133 Å². The van der Waals surface area contributed by atoms with Crippen LogP contribution in [0.15, 0.2) is 127 Å². The van der Waals surface area contributed by atoms with E-state index in [0.29, 0.717) is 25.5 Å². The van der Waals surface area contributed by atoms with E-state index in [4.69, 9.17) is 28.4 Å². The fourth-order valence-corrected chi connectivity index (χ4v) is 11.3. The molecule has 3 unspecified atom stereocenters. The summed E-state index contributed by atoms with van der Waals surface area (Å²) in [6.07, 6.45) is 5.46. The van der Waals surface area contributed by atoms with Gasteiger partial charge in [0, 0.05) is 82.8 Å². The van der Waals surface area contributed by atoms with Gasteiger partial charge in [-0.2, -0.15) is 0 Å². The SMILES string of the molecule is C=C(C)C(=O)OCCC1Oc2cc3c4c(c5c(c3cc2N2CCCC(COC1=O)C2)-c1ccc(-c2ccccc2OC)cc1C5(C)C)C=CC(c1ccccc1)(c1ccc(N2CCOCC2)cc1)O4. The predicted octanol–water partition coefficient (Wildman–Crippen LogP) is 11.0. The molecule has 2 fully saturated rings. The minimum Gasteiger partial charge on any atom is -0.496 e. The lowest BCUT2D eigenvalue weighted by Crippen LogP contribution is -2.41. The van der Waals surface area contributed by atoms with E-state index in [9.17, 15) is 9.59 Å². The van der Waals surface area contributed by atoms with Crippen LogP contribution in [0.25, 0.3) is 39.1 Å². The zero-order valence-corrected chi connectivity index (χ0v) is 39.8. The number of carbonyl (C=O) groups excluding carboxylic acids is 2. The summed E-state index contributed by atoms with van der Waals surface area (Å²) in [5, 5.41) is 1.90. The number of anilines is 2. The van der Waals surface area contributed by atoms with Crippen molar-refractivity contribution in [3.63, 3.8) is 0 Å². The van der Waals surface area contributed by atoms with Crippen molar-refractivity contribution >= 4 is 40.2 Å². The highest BCUT2D eigenvalue weighted by atomic mass is 16.6. The fraction of sp³-hybridized carbons (Fsp3) is 0.322. The third kappa shape index (κ3) is 7.79. The number of nitrogens with zero attached hydrogens (tertiary/aromatic N) is 2. The Morgan fingerprint density at radius 1 is 0.855 bits per heavy atom. The van der Waals surface area contributed by atoms with Crippen molar-refractivity contribution in [3.8, 4) is 39.5 Å². The van der Waals surface area contributed by atoms with Crippen LogP contribution in [-0.4, -0.2) is 77.8 Å². The Morgan fingerprint density at radius 3 is 2.41 bits per heavy atom. The Bertz CT molecular complexity index is 3030. The van der Waals surface area contributed by atoms with Gasteiger partial charge in [-0.3, -0.25) is 0 Å². The van der Waals surface area contributed by atoms with Crippen molar-refractivity contribution in [1.29, 1.82) is 0 Å². The summed E-state index contributed by atoms with van der Waals surface area (Å²) >= 11 is 0. The number of rotatable bonds is 9. The number of methoxy groups -OCH3 is 1. The first-order valence-electron chi connectivity index (χ1n) is 24.3. The average molecular weight is 923 g/mol. The zero-order valence-electron chi connectivity index (χ0n) is 39.8. The number of morpholine rings is 1. The summed E-state index contributed by atoms with van der Waals surface area (Å²) in [5.74, 6) is 1.24. The monoisotopic (exact) mass is 922 g/mol. The van der Waals surface area contributed by atoms with Gasteiger partial charge in [0.2, 0.25) is 0 Å². The van der Waals surface area contributed by atoms with Crippen LogP contribution in [0.5, 0.6) is 17.2 Å². The molecular weight excluding hydrogens is 865 g/mol. The van der Waals surface area contributed by atoms with E-state index in [1.165, 1.54) is 11.1 Å². The normalized spacial score (nSPS) is 21.1. The van der Waals surface area contributed by atoms with Crippen molar-refractivity contribution < 1.29 is 38.0 Å². The third-order valence-corrected chi connectivity index (χ3v) is 14.8. The molecule has 5 aliphatic rings. The minimum absolute atomic E-state index is 0.0367. The lowest BCUT2D eigenvalue weighted by Gasteiger charge is -2.39. The Kier molecular flexibility index (Phi) is 11.5. The van der Waals surface area contributed by atoms with Gasteiger partial charge in [0.15, 0.2) is 11.7 Å². The number of hydrogen-bond donors (Lipinski definition) is 0. The van der Waals surface area contributed by atoms with Crippen LogP contribution in [-0.2, 0) is 34.8 Å². The molecule has 0 spiro atoms. The quantitative estimate of drug-likeness (QED) is 0.103. The van der Waals surface area contributed by atoms with Crippen molar-refractivity contribution in [2.24, 2.45) is 5.92 Å². The first kappa shape index (κ1) is 44.5. The number of para-hydroxylation sites is 1. The lowest BCUT2D eigenvalue weighted by atomic mass is 9.76. The molecule has 10 heteroatoms. The standard InChI is InChI=1S/C59H58N2O8/c1-37(2)56(62)66-29-24-51-57(63)67-36-38-12-11-26-61(35-38)49-33-46-47(34-52(49)68-51)55-45(54-53(46)44-22-17-39(32-48(44)58(54,3)4)43-15-9-10-16-50(43)64-5)23-25-59(69-55,40-13-7-6-8-14-40)41-18-20-42(21-19-41)60-27-30-65-31-28-60/h6-10,13-23,25,32-34,38,51H,1,11-12,24,26-31,35-36H2,2-5H3. The maximum Gasteiger partial charge on any atom is 0.347 e. The van der Waals surface area contributed by atoms with Crippen molar-refractivity contribution in [3.05, 3.63) is 155 Å². The Morgan fingerprint density at radius 2 is 1.62 bits per heavy atom. The van der Waals surface area contributed by atoms with Gasteiger partial charge in [0.1, 0.15) is 17.2 Å². The van der Waals surface area contributed by atoms with E-state index < -0.39 is 29.1 Å². The predicted molar refractivity (Wildman–Crippen MR) is 271 cm³/mol. The molecular formula is C59H58N2O8. The number of esters is 2. The van der Waals surface area contributed by atoms with Gasteiger partial charge in [0.25, 0.3) is 0 Å². The van der Waals surface area contributed by atoms with Crippen molar-refractivity contribution in [1.82, 2.24) is 0 Å². The molecule has 4 aliphatic heterocycles. The van der Waals surface area contributed by atoms with E-state index >= 15 is 0 Å². The number of carbonyl (C=O) groups is 2. The number of cyclic esters (lactones) is 1. The third-order valence-electron chi connectivity index (χ3n) is 14.8. The molecule has 2 saturated heterocycles. The summed E-state index contributed by atoms with van der Waals surface area (Å²) in [4.78, 5) is 31.2. The van der Waals surface area contributed by atoms with Crippen LogP contribution in [0.3, 0.4) is 0 Å². The molecule has 69 heavy (non-hydrogen) atoms. The molecule has 0 amide bonds. The van der Waals surface area contributed by atoms with Gasteiger partial charge >= 0.3 is 11.9 Å². The number of piperidine rings is 1. The van der Waals surface area contributed by atoms with Gasteiger partial charge in [-0.05, 0) is 95.4 Å². The Balaban J connectivity index is 1.14. The van der Waals surface area contributed by atoms with Gasteiger partial charge in [-0.25, -0.2) is 9.59 Å². The maximum absolute atomic E-state index is 14.0. The van der Waals surface area contributed by atoms with Crippen LogP contribution in [0.2, 0.25) is 0 Å². The average Bonchev–Trinajstić information content (AvgIpc) is 3.63. The van der Waals surface area contributed by atoms with Crippen molar-refractivity contribution in [2.75, 3.05) is 69.5 Å². The van der Waals surface area contributed by atoms with E-state index in [1.807, 2.05) is 18.2 Å². The summed E-state index contributed by atoms with van der Waals surface area (Å²) in [6, 6.07) is 38.5. The van der Waals surface area contributed by atoms with Crippen LogP contribution in [0.1, 0.15) is 67.9 Å². The van der Waals surface area contributed by atoms with Crippen LogP contribution in [0.4, 0.5) is 11.4 Å². The summed E-state index contributed by atoms with van der Waals surface area (Å²) < 4.78 is 37.7. The Labute approximate surface area is 404 Å². The fourth-order valence-electron chi connectivity index (χ4n) is 11.3. The van der Waals surface area contributed by atoms with Crippen LogP contribution >= 0.6 is 0 Å². The molecule has 0 aromatic heterocycles. The molecule has 4 heterocycles. The van der Waals surface area contributed by atoms with E-state index in [1.54, 1.807) is 14.0 Å². The van der Waals surface area contributed by atoms with E-state index in [-0.39, 0.29) is 31.1 Å². The second kappa shape index (κ2) is 17.8. The highest BCUT2D eigenvalue weighted by Gasteiger charge is 2.45. The Hall–Kier alpha value is -7.04. The number of benzene rings is 6. The molecule has 0 N–H and O–H groups in total. The first-order chi connectivity index (χ1) is 33.5. The second-order valence-electron chi connectivity index (χ2n) is 19.5. The molecule has 10 nitrogen and oxygen atoms in total. The molecule has 3 atom stereocenters. The topological polar surface area (TPSA) is 96.0 Å². The smallest absolute Gasteiger partial charge is 0.347 e. The summed E-state index contributed by atoms with van der Waals surface area (Å²) in [5.41, 5.74) is 10.7. The number of fused-ring (bicyclic) bond motifs is 12. The summed E-state index contributed by atoms with van der Waals surface area (Å²) in [7, 11) is 1.72. The van der Waals surface area contributed by atoms with Crippen molar-refractivity contribution in [2.45, 2.75) is 57.2 Å². The molecule has 6 aromatic rings. The molecule has 6 aromatic carbocycles. The maximum atomic E-state index is 14.0. The minimum atomic E-state index is -1.04. The zero-order chi connectivity index (χ0) is 47.4. The number of hydrogen-bond acceptors (Lipinski definition) is 10. The van der Waals surface area contributed by atoms with E-state index in [0.717, 1.165) is 105 Å².